The lowest BCUT2D eigenvalue weighted by molar-refractivity contribution is -0.148. The van der Waals surface area contributed by atoms with Crippen LogP contribution in [0.15, 0.2) is 48.8 Å². The molecule has 2 aromatic carbocycles. The molecule has 7 nitrogen and oxygen atoms in total. The number of carbonyl (C=O) groups excluding carboxylic acids is 1. The van der Waals surface area contributed by atoms with Crippen LogP contribution in [0.3, 0.4) is 0 Å². The summed E-state index contributed by atoms with van der Waals surface area (Å²) in [5.41, 5.74) is -0.140. The average molecular weight is 498 g/mol. The van der Waals surface area contributed by atoms with Crippen LogP contribution in [0, 0.1) is 5.92 Å². The Labute approximate surface area is 207 Å². The molecule has 190 valence electrons. The van der Waals surface area contributed by atoms with Crippen LogP contribution in [-0.4, -0.2) is 63.0 Å². The second kappa shape index (κ2) is 8.97. The van der Waals surface area contributed by atoms with Gasteiger partial charge in [0.1, 0.15) is 5.75 Å². The van der Waals surface area contributed by atoms with Gasteiger partial charge in [0.05, 0.1) is 6.20 Å². The largest absolute Gasteiger partial charge is 0.484 e. The third kappa shape index (κ3) is 3.96. The predicted molar refractivity (Wildman–Crippen MR) is 130 cm³/mol. The minimum Gasteiger partial charge on any atom is -0.484 e. The molecule has 1 atom stereocenters. The van der Waals surface area contributed by atoms with E-state index < -0.39 is 11.5 Å². The number of likely N-dealkylation sites (tertiary alicyclic amines) is 1. The molecule has 1 unspecified atom stereocenters. The maximum absolute atomic E-state index is 15.1. The fourth-order valence-electron chi connectivity index (χ4n) is 5.30. The summed E-state index contributed by atoms with van der Waals surface area (Å²) in [4.78, 5) is 14.5. The summed E-state index contributed by atoms with van der Waals surface area (Å²) < 4.78 is 37.6. The van der Waals surface area contributed by atoms with Gasteiger partial charge in [0.15, 0.2) is 12.2 Å². The van der Waals surface area contributed by atoms with Crippen molar-refractivity contribution in [3.8, 4) is 28.0 Å². The monoisotopic (exact) mass is 497 g/mol. The van der Waals surface area contributed by atoms with Crippen molar-refractivity contribution in [3.05, 3.63) is 59.9 Å². The van der Waals surface area contributed by atoms with E-state index in [-0.39, 0.29) is 41.9 Å². The molecule has 36 heavy (non-hydrogen) atoms. The van der Waals surface area contributed by atoms with Crippen LogP contribution in [0.1, 0.15) is 30.9 Å². The van der Waals surface area contributed by atoms with Crippen molar-refractivity contribution in [1.82, 2.24) is 14.7 Å². The Balaban J connectivity index is 1.54. The van der Waals surface area contributed by atoms with Crippen molar-refractivity contribution in [2.45, 2.75) is 31.3 Å². The lowest BCUT2D eigenvalue weighted by atomic mass is 9.85. The molecule has 1 aromatic heterocycles. The van der Waals surface area contributed by atoms with Crippen LogP contribution in [0.2, 0.25) is 0 Å². The van der Waals surface area contributed by atoms with Crippen molar-refractivity contribution in [3.63, 3.8) is 0 Å². The van der Waals surface area contributed by atoms with Crippen LogP contribution in [0.4, 0.5) is 8.78 Å². The third-order valence-electron chi connectivity index (χ3n) is 7.33. The van der Waals surface area contributed by atoms with Gasteiger partial charge in [0.25, 0.3) is 11.8 Å². The first-order valence-electron chi connectivity index (χ1n) is 12.0. The molecule has 2 N–H and O–H groups in total. The summed E-state index contributed by atoms with van der Waals surface area (Å²) in [7, 11) is 1.76. The number of aliphatic hydroxyl groups excluding tert-OH is 1. The maximum atomic E-state index is 15.1. The number of aliphatic hydroxyl groups is 2. The molecule has 1 saturated heterocycles. The molecule has 0 spiro atoms. The quantitative estimate of drug-likeness (QED) is 0.544. The number of halogens is 2. The fourth-order valence-corrected chi connectivity index (χ4v) is 5.30. The molecule has 5 rings (SSSR count). The first kappa shape index (κ1) is 24.4. The molecule has 9 heteroatoms. The first-order valence-corrected chi connectivity index (χ1v) is 12.0. The summed E-state index contributed by atoms with van der Waals surface area (Å²) in [6.45, 7) is 1.63. The number of fused-ring (bicyclic) bond motifs is 3. The van der Waals surface area contributed by atoms with E-state index in [9.17, 15) is 15.0 Å². The van der Waals surface area contributed by atoms with Crippen LogP contribution in [0.5, 0.6) is 5.75 Å². The maximum Gasteiger partial charge on any atom is 0.281 e. The number of hydrogen-bond donors (Lipinski definition) is 2. The second-order valence-corrected chi connectivity index (χ2v) is 9.74. The minimum absolute atomic E-state index is 0.0313. The van der Waals surface area contributed by atoms with Gasteiger partial charge in [-0.05, 0) is 47.6 Å². The van der Waals surface area contributed by atoms with Crippen LogP contribution in [-0.2, 0) is 17.4 Å². The van der Waals surface area contributed by atoms with Crippen LogP contribution < -0.4 is 4.74 Å². The molecular weight excluding hydrogens is 468 g/mol. The Morgan fingerprint density at radius 3 is 2.56 bits per heavy atom. The van der Waals surface area contributed by atoms with Gasteiger partial charge in [-0.1, -0.05) is 24.3 Å². The summed E-state index contributed by atoms with van der Waals surface area (Å²) >= 11 is 0. The number of ether oxygens (including phenoxy) is 1. The Hall–Kier alpha value is -3.30. The van der Waals surface area contributed by atoms with Gasteiger partial charge in [0.2, 0.25) is 0 Å². The number of nitrogens with zero attached hydrogens (tertiary/aromatic N) is 3. The van der Waals surface area contributed by atoms with Gasteiger partial charge in [-0.15, -0.1) is 0 Å². The Kier molecular flexibility index (Phi) is 6.08. The normalized spacial score (nSPS) is 19.8. The summed E-state index contributed by atoms with van der Waals surface area (Å²) in [5, 5.41) is 25.1. The van der Waals surface area contributed by atoms with Gasteiger partial charge in [-0.2, -0.15) is 5.10 Å². The molecule has 1 aliphatic carbocycles. The molecular formula is C27H29F2N3O4. The molecule has 1 fully saturated rings. The van der Waals surface area contributed by atoms with Gasteiger partial charge < -0.3 is 19.8 Å². The molecule has 0 saturated carbocycles. The number of benzene rings is 2. The van der Waals surface area contributed by atoms with Gasteiger partial charge >= 0.3 is 0 Å². The molecule has 1 amide bonds. The third-order valence-corrected chi connectivity index (χ3v) is 7.33. The van der Waals surface area contributed by atoms with Crippen molar-refractivity contribution in [1.29, 1.82) is 0 Å². The number of hydrogen-bond acceptors (Lipinski definition) is 5. The number of alkyl halides is 2. The molecule has 2 aliphatic rings. The zero-order valence-corrected chi connectivity index (χ0v) is 20.2. The lowest BCUT2D eigenvalue weighted by Crippen LogP contribution is -2.42. The Morgan fingerprint density at radius 1 is 1.19 bits per heavy atom. The van der Waals surface area contributed by atoms with E-state index in [4.69, 9.17) is 4.74 Å². The summed E-state index contributed by atoms with van der Waals surface area (Å²) in [6, 6.07) is 9.73. The number of carbonyl (C=O) groups is 1. The second-order valence-electron chi connectivity index (χ2n) is 9.74. The zero-order valence-electron chi connectivity index (χ0n) is 20.2. The number of piperidine rings is 1. The van der Waals surface area contributed by atoms with Crippen LogP contribution in [0.25, 0.3) is 22.3 Å². The minimum atomic E-state index is -3.49. The SMILES string of the molecule is Cn1cc(-c2cc(OCC(=O)N3CCC(CO)CC3)cc3c2-c2ccccc2C3(O)C(C)(F)F)cn1. The molecule has 3 aromatic rings. The molecule has 0 radical (unpaired) electrons. The van der Waals surface area contributed by atoms with Crippen molar-refractivity contribution in [2.24, 2.45) is 13.0 Å². The number of amides is 1. The smallest absolute Gasteiger partial charge is 0.281 e. The summed E-state index contributed by atoms with van der Waals surface area (Å²) in [6.07, 6.45) is 4.84. The van der Waals surface area contributed by atoms with E-state index in [1.165, 1.54) is 12.1 Å². The number of aromatic nitrogens is 2. The highest BCUT2D eigenvalue weighted by Gasteiger charge is 2.57. The van der Waals surface area contributed by atoms with E-state index in [2.05, 4.69) is 5.10 Å². The zero-order chi connectivity index (χ0) is 25.7. The lowest BCUT2D eigenvalue weighted by Gasteiger charge is -2.32. The van der Waals surface area contributed by atoms with Crippen LogP contribution >= 0.6 is 0 Å². The van der Waals surface area contributed by atoms with E-state index in [1.54, 1.807) is 53.3 Å². The Bertz CT molecular complexity index is 1290. The van der Waals surface area contributed by atoms with Crippen molar-refractivity contribution >= 4 is 5.91 Å². The highest BCUT2D eigenvalue weighted by Crippen LogP contribution is 2.57. The standard InChI is InChI=1S/C27H29F2N3O4/c1-26(28,29)27(35)22-6-4-3-5-20(22)25-21(18-13-30-31(2)14-18)11-19(12-23(25)27)36-16-24(34)32-9-7-17(15-33)8-10-32/h3-6,11-14,17,33,35H,7-10,15-16H2,1-2H3. The van der Waals surface area contributed by atoms with Crippen molar-refractivity contribution in [2.75, 3.05) is 26.3 Å². The fraction of sp³-hybridized carbons (Fsp3) is 0.407. The molecule has 1 aliphatic heterocycles. The topological polar surface area (TPSA) is 87.8 Å². The van der Waals surface area contributed by atoms with E-state index in [0.717, 1.165) is 12.8 Å². The Morgan fingerprint density at radius 2 is 1.92 bits per heavy atom. The average Bonchev–Trinajstić information content (AvgIpc) is 3.42. The highest BCUT2D eigenvalue weighted by molar-refractivity contribution is 5.93. The van der Waals surface area contributed by atoms with Gasteiger partial charge in [0, 0.05) is 56.6 Å². The van der Waals surface area contributed by atoms with E-state index >= 15 is 8.78 Å². The van der Waals surface area contributed by atoms with Crippen molar-refractivity contribution < 1.29 is 28.5 Å². The number of rotatable bonds is 6. The number of aryl methyl sites for hydroxylation is 1. The summed E-state index contributed by atoms with van der Waals surface area (Å²) in [5.74, 6) is -3.30. The molecule has 2 heterocycles. The highest BCUT2D eigenvalue weighted by atomic mass is 19.3. The van der Waals surface area contributed by atoms with E-state index in [0.29, 0.717) is 42.3 Å². The van der Waals surface area contributed by atoms with Gasteiger partial charge in [-0.25, -0.2) is 8.78 Å². The molecule has 0 bridgehead atoms. The predicted octanol–water partition coefficient (Wildman–Crippen LogP) is 3.57. The van der Waals surface area contributed by atoms with Gasteiger partial charge in [-0.3, -0.25) is 9.48 Å². The van der Waals surface area contributed by atoms with E-state index in [1.807, 2.05) is 0 Å². The first-order chi connectivity index (χ1) is 17.1.